The normalized spacial score (nSPS) is 28.2. The lowest BCUT2D eigenvalue weighted by Crippen LogP contribution is -2.39. The van der Waals surface area contributed by atoms with Gasteiger partial charge in [0.25, 0.3) is 0 Å². The van der Waals surface area contributed by atoms with Crippen molar-refractivity contribution in [3.8, 4) is 6.07 Å². The molecule has 3 heteroatoms. The second kappa shape index (κ2) is 9.38. The smallest absolute Gasteiger partial charge is 0.0684 e. The largest absolute Gasteiger partial charge is 0.271 e. The monoisotopic (exact) mass is 349 g/mol. The van der Waals surface area contributed by atoms with Crippen molar-refractivity contribution in [1.29, 1.82) is 5.26 Å². The Kier molecular flexibility index (Phi) is 8.42. The molecule has 1 aliphatic rings. The molecule has 0 spiro atoms. The Morgan fingerprint density at radius 2 is 1.64 bits per heavy atom. The number of nitrogens with one attached hydrogen (secondary N) is 1. The van der Waals surface area contributed by atoms with Crippen LogP contribution in [0.15, 0.2) is 0 Å². The third-order valence-electron chi connectivity index (χ3n) is 6.97. The van der Waals surface area contributed by atoms with Gasteiger partial charge in [0.2, 0.25) is 0 Å². The SMILES string of the molecule is CC(CC1CCCCC(C)(C(C)(C)CC(C)(C)C#N)CCCC1)NN. The molecule has 1 unspecified atom stereocenters. The van der Waals surface area contributed by atoms with Gasteiger partial charge in [0.15, 0.2) is 0 Å². The molecule has 3 nitrogen and oxygen atoms in total. The van der Waals surface area contributed by atoms with Gasteiger partial charge >= 0.3 is 0 Å². The second-order valence-corrected chi connectivity index (χ2v) is 10.3. The first-order valence-electron chi connectivity index (χ1n) is 10.4. The van der Waals surface area contributed by atoms with E-state index >= 15 is 0 Å². The maximum atomic E-state index is 9.48. The summed E-state index contributed by atoms with van der Waals surface area (Å²) in [5.41, 5.74) is 3.20. The van der Waals surface area contributed by atoms with Gasteiger partial charge < -0.3 is 0 Å². The summed E-state index contributed by atoms with van der Waals surface area (Å²) >= 11 is 0. The average Bonchev–Trinajstić information content (AvgIpc) is 2.53. The first-order chi connectivity index (χ1) is 11.6. The summed E-state index contributed by atoms with van der Waals surface area (Å²) in [4.78, 5) is 0. The highest BCUT2D eigenvalue weighted by atomic mass is 15.2. The number of hydrazine groups is 1. The van der Waals surface area contributed by atoms with E-state index in [9.17, 15) is 5.26 Å². The minimum atomic E-state index is -0.238. The Balaban J connectivity index is 2.72. The van der Waals surface area contributed by atoms with Crippen LogP contribution in [0, 0.1) is 33.5 Å². The molecule has 0 aromatic carbocycles. The van der Waals surface area contributed by atoms with Crippen molar-refractivity contribution in [2.24, 2.45) is 28.0 Å². The summed E-state index contributed by atoms with van der Waals surface area (Å²) in [6.45, 7) is 13.7. The number of hydrogen-bond donors (Lipinski definition) is 2. The van der Waals surface area contributed by atoms with Gasteiger partial charge in [-0.3, -0.25) is 11.3 Å². The highest BCUT2D eigenvalue weighted by molar-refractivity contribution is 5.00. The zero-order valence-corrected chi connectivity index (χ0v) is 17.8. The molecule has 1 saturated carbocycles. The van der Waals surface area contributed by atoms with E-state index < -0.39 is 0 Å². The molecule has 146 valence electrons. The fourth-order valence-electron chi connectivity index (χ4n) is 5.00. The first kappa shape index (κ1) is 22.5. The molecular weight excluding hydrogens is 306 g/mol. The lowest BCUT2D eigenvalue weighted by Gasteiger charge is -2.48. The van der Waals surface area contributed by atoms with Crippen molar-refractivity contribution in [1.82, 2.24) is 5.43 Å². The quantitative estimate of drug-likeness (QED) is 0.460. The number of nitrogens with zero attached hydrogens (tertiary/aromatic N) is 1. The molecule has 3 N–H and O–H groups in total. The van der Waals surface area contributed by atoms with Gasteiger partial charge in [0, 0.05) is 6.04 Å². The molecule has 1 atom stereocenters. The fourth-order valence-corrected chi connectivity index (χ4v) is 5.00. The van der Waals surface area contributed by atoms with Gasteiger partial charge in [-0.2, -0.15) is 5.26 Å². The minimum Gasteiger partial charge on any atom is -0.271 e. The van der Waals surface area contributed by atoms with Gasteiger partial charge in [0.05, 0.1) is 11.5 Å². The summed E-state index contributed by atoms with van der Waals surface area (Å²) in [5.74, 6) is 6.41. The van der Waals surface area contributed by atoms with Crippen LogP contribution in [-0.2, 0) is 0 Å². The molecule has 0 heterocycles. The molecule has 0 saturated heterocycles. The van der Waals surface area contributed by atoms with Crippen LogP contribution in [-0.4, -0.2) is 6.04 Å². The van der Waals surface area contributed by atoms with Crippen LogP contribution in [0.2, 0.25) is 0 Å². The lowest BCUT2D eigenvalue weighted by molar-refractivity contribution is 0.0271. The molecule has 25 heavy (non-hydrogen) atoms. The maximum absolute atomic E-state index is 9.48. The summed E-state index contributed by atoms with van der Waals surface area (Å²) in [6, 6.07) is 2.94. The van der Waals surface area contributed by atoms with Crippen molar-refractivity contribution in [3.63, 3.8) is 0 Å². The van der Waals surface area contributed by atoms with Crippen LogP contribution in [0.25, 0.3) is 0 Å². The van der Waals surface area contributed by atoms with E-state index in [1.54, 1.807) is 0 Å². The number of nitrogens with two attached hydrogens (primary N) is 1. The van der Waals surface area contributed by atoms with Crippen molar-refractivity contribution < 1.29 is 0 Å². The predicted molar refractivity (Wildman–Crippen MR) is 108 cm³/mol. The van der Waals surface area contributed by atoms with Crippen LogP contribution >= 0.6 is 0 Å². The maximum Gasteiger partial charge on any atom is 0.0684 e. The van der Waals surface area contributed by atoms with Crippen molar-refractivity contribution >= 4 is 0 Å². The second-order valence-electron chi connectivity index (χ2n) is 10.3. The molecule has 0 bridgehead atoms. The number of nitriles is 1. The summed E-state index contributed by atoms with van der Waals surface area (Å²) in [7, 11) is 0. The molecule has 0 amide bonds. The predicted octanol–water partition coefficient (Wildman–Crippen LogP) is 5.95. The molecule has 0 radical (unpaired) electrons. The van der Waals surface area contributed by atoms with E-state index in [-0.39, 0.29) is 10.8 Å². The van der Waals surface area contributed by atoms with Crippen LogP contribution in [0.5, 0.6) is 0 Å². The Morgan fingerprint density at radius 3 is 2.08 bits per heavy atom. The van der Waals surface area contributed by atoms with Gasteiger partial charge in [-0.05, 0) is 63.2 Å². The topological polar surface area (TPSA) is 61.8 Å². The molecule has 0 aromatic heterocycles. The van der Waals surface area contributed by atoms with Gasteiger partial charge in [0.1, 0.15) is 0 Å². The Morgan fingerprint density at radius 1 is 1.12 bits per heavy atom. The summed E-state index contributed by atoms with van der Waals surface area (Å²) in [6.07, 6.45) is 12.7. The Labute approximate surface area is 157 Å². The molecule has 1 aliphatic carbocycles. The number of rotatable bonds is 6. The van der Waals surface area contributed by atoms with Crippen LogP contribution in [0.1, 0.15) is 106 Å². The molecule has 0 aromatic rings. The molecule has 0 aliphatic heterocycles. The van der Waals surface area contributed by atoms with Gasteiger partial charge in [-0.15, -0.1) is 0 Å². The Hall–Kier alpha value is -0.590. The minimum absolute atomic E-state index is 0.197. The van der Waals surface area contributed by atoms with E-state index in [1.165, 1.54) is 57.8 Å². The molecular formula is C22H43N3. The van der Waals surface area contributed by atoms with E-state index in [0.717, 1.165) is 12.3 Å². The zero-order chi connectivity index (χ0) is 19.1. The van der Waals surface area contributed by atoms with Crippen LogP contribution in [0.4, 0.5) is 0 Å². The summed E-state index contributed by atoms with van der Waals surface area (Å²) < 4.78 is 0. The van der Waals surface area contributed by atoms with Crippen LogP contribution in [0.3, 0.4) is 0 Å². The highest BCUT2D eigenvalue weighted by Gasteiger charge is 2.43. The third kappa shape index (κ3) is 6.91. The van der Waals surface area contributed by atoms with E-state index in [4.69, 9.17) is 5.84 Å². The molecule has 1 rings (SSSR count). The van der Waals surface area contributed by atoms with Crippen molar-refractivity contribution in [2.45, 2.75) is 112 Å². The lowest BCUT2D eigenvalue weighted by atomic mass is 9.57. The standard InChI is InChI=1S/C22H43N3/c1-18(25-24)15-19-11-7-9-13-22(6,14-10-8-12-19)21(4,5)16-20(2,3)17-23/h18-19,25H,7-16,24H2,1-6H3. The fraction of sp³-hybridized carbons (Fsp3) is 0.955. The van der Waals surface area contributed by atoms with E-state index in [0.29, 0.717) is 11.5 Å². The average molecular weight is 350 g/mol. The van der Waals surface area contributed by atoms with E-state index in [2.05, 4.69) is 53.0 Å². The summed E-state index contributed by atoms with van der Waals surface area (Å²) in [5, 5.41) is 9.48. The Bertz CT molecular complexity index is 421. The van der Waals surface area contributed by atoms with Crippen LogP contribution < -0.4 is 11.3 Å². The third-order valence-corrected chi connectivity index (χ3v) is 6.97. The zero-order valence-electron chi connectivity index (χ0n) is 17.8. The van der Waals surface area contributed by atoms with E-state index in [1.807, 2.05) is 0 Å². The number of hydrogen-bond acceptors (Lipinski definition) is 3. The van der Waals surface area contributed by atoms with Gasteiger partial charge in [-0.25, -0.2) is 0 Å². The molecule has 1 fully saturated rings. The van der Waals surface area contributed by atoms with Gasteiger partial charge in [-0.1, -0.05) is 59.3 Å². The van der Waals surface area contributed by atoms with Crippen molar-refractivity contribution in [2.75, 3.05) is 0 Å². The first-order valence-corrected chi connectivity index (χ1v) is 10.4. The highest BCUT2D eigenvalue weighted by Crippen LogP contribution is 2.52. The van der Waals surface area contributed by atoms with Crippen molar-refractivity contribution in [3.05, 3.63) is 0 Å².